The molecular formula is C27H23N5O3S. The highest BCUT2D eigenvalue weighted by molar-refractivity contribution is 7.99. The van der Waals surface area contributed by atoms with Gasteiger partial charge in [0.2, 0.25) is 11.1 Å². The minimum Gasteiger partial charge on any atom is -0.325 e. The molecule has 4 aromatic rings. The van der Waals surface area contributed by atoms with E-state index < -0.39 is 0 Å². The molecule has 1 aromatic heterocycles. The number of thioether (sulfide) groups is 1. The van der Waals surface area contributed by atoms with Crippen LogP contribution in [0.1, 0.15) is 57.2 Å². The molecule has 36 heavy (non-hydrogen) atoms. The summed E-state index contributed by atoms with van der Waals surface area (Å²) >= 11 is 1.21. The number of nitrogens with one attached hydrogen (secondary N) is 1. The first kappa shape index (κ1) is 23.6. The van der Waals surface area contributed by atoms with E-state index in [2.05, 4.69) is 39.9 Å². The first-order valence-electron chi connectivity index (χ1n) is 11.7. The molecule has 0 atom stereocenters. The van der Waals surface area contributed by atoms with Crippen molar-refractivity contribution in [1.82, 2.24) is 20.2 Å². The van der Waals surface area contributed by atoms with Gasteiger partial charge in [-0.2, -0.15) is 4.68 Å². The average Bonchev–Trinajstić information content (AvgIpc) is 3.38. The van der Waals surface area contributed by atoms with Gasteiger partial charge < -0.3 is 5.32 Å². The van der Waals surface area contributed by atoms with Crippen LogP contribution in [0.25, 0.3) is 5.69 Å². The van der Waals surface area contributed by atoms with Gasteiger partial charge >= 0.3 is 0 Å². The highest BCUT2D eigenvalue weighted by Crippen LogP contribution is 2.29. The third-order valence-corrected chi connectivity index (χ3v) is 6.90. The van der Waals surface area contributed by atoms with Crippen LogP contribution >= 0.6 is 11.8 Å². The number of benzene rings is 3. The van der Waals surface area contributed by atoms with Crippen LogP contribution < -0.4 is 5.32 Å². The van der Waals surface area contributed by atoms with Crippen molar-refractivity contribution in [2.45, 2.75) is 31.3 Å². The molecule has 0 aliphatic heterocycles. The molecule has 0 radical (unpaired) electrons. The van der Waals surface area contributed by atoms with Crippen LogP contribution in [0, 0.1) is 0 Å². The second-order valence-electron chi connectivity index (χ2n) is 8.44. The van der Waals surface area contributed by atoms with Crippen LogP contribution in [0.3, 0.4) is 0 Å². The Morgan fingerprint density at radius 3 is 2.33 bits per heavy atom. The van der Waals surface area contributed by atoms with Crippen molar-refractivity contribution in [2.24, 2.45) is 0 Å². The van der Waals surface area contributed by atoms with E-state index in [4.69, 9.17) is 0 Å². The van der Waals surface area contributed by atoms with E-state index in [-0.39, 0.29) is 28.8 Å². The minimum absolute atomic E-state index is 0.0712. The first-order chi connectivity index (χ1) is 17.5. The molecular weight excluding hydrogens is 474 g/mol. The summed E-state index contributed by atoms with van der Waals surface area (Å²) in [4.78, 5) is 38.3. The van der Waals surface area contributed by atoms with Gasteiger partial charge in [0.05, 0.1) is 11.4 Å². The molecule has 1 aliphatic carbocycles. The number of hydrogen-bond acceptors (Lipinski definition) is 7. The fraction of sp³-hybridized carbons (Fsp3) is 0.185. The quantitative estimate of drug-likeness (QED) is 0.314. The summed E-state index contributed by atoms with van der Waals surface area (Å²) in [6.07, 6.45) is 3.32. The number of anilines is 1. The number of carbonyl (C=O) groups excluding carboxylic acids is 3. The van der Waals surface area contributed by atoms with Crippen molar-refractivity contribution in [3.05, 3.63) is 94.5 Å². The van der Waals surface area contributed by atoms with E-state index in [1.54, 1.807) is 47.1 Å². The molecule has 3 aromatic carbocycles. The number of amides is 1. The smallest absolute Gasteiger partial charge is 0.234 e. The van der Waals surface area contributed by atoms with Crippen molar-refractivity contribution < 1.29 is 14.4 Å². The molecule has 180 valence electrons. The molecule has 9 heteroatoms. The summed E-state index contributed by atoms with van der Waals surface area (Å²) < 4.78 is 1.60. The number of nitrogens with zero attached hydrogens (tertiary/aromatic N) is 4. The van der Waals surface area contributed by atoms with E-state index in [9.17, 15) is 14.4 Å². The van der Waals surface area contributed by atoms with E-state index in [0.29, 0.717) is 27.5 Å². The molecule has 1 amide bonds. The Labute approximate surface area is 212 Å². The summed E-state index contributed by atoms with van der Waals surface area (Å²) in [5.74, 6) is -0.634. The Morgan fingerprint density at radius 1 is 0.917 bits per heavy atom. The predicted octanol–water partition coefficient (Wildman–Crippen LogP) is 4.51. The highest BCUT2D eigenvalue weighted by Gasteiger charge is 2.29. The van der Waals surface area contributed by atoms with E-state index in [1.807, 2.05) is 12.1 Å². The predicted molar refractivity (Wildman–Crippen MR) is 137 cm³/mol. The van der Waals surface area contributed by atoms with Crippen LogP contribution in [0.2, 0.25) is 0 Å². The third kappa shape index (κ3) is 4.70. The van der Waals surface area contributed by atoms with E-state index in [0.717, 1.165) is 24.9 Å². The molecule has 0 unspecified atom stereocenters. The van der Waals surface area contributed by atoms with Crippen molar-refractivity contribution in [2.75, 3.05) is 11.1 Å². The molecule has 1 aliphatic rings. The summed E-state index contributed by atoms with van der Waals surface area (Å²) in [6, 6.07) is 19.6. The number of aromatic nitrogens is 4. The second-order valence-corrected chi connectivity index (χ2v) is 9.39. The Balaban J connectivity index is 1.25. The lowest BCUT2D eigenvalue weighted by atomic mass is 9.84. The Bertz CT molecular complexity index is 1460. The number of ketones is 2. The maximum absolute atomic E-state index is 12.9. The summed E-state index contributed by atoms with van der Waals surface area (Å²) in [5, 5.41) is 15.1. The zero-order chi connectivity index (χ0) is 25.1. The lowest BCUT2D eigenvalue weighted by Gasteiger charge is -2.18. The average molecular weight is 498 g/mol. The minimum atomic E-state index is -0.278. The summed E-state index contributed by atoms with van der Waals surface area (Å²) in [7, 11) is 0. The molecule has 0 fully saturated rings. The highest BCUT2D eigenvalue weighted by atomic mass is 32.2. The van der Waals surface area contributed by atoms with Gasteiger partial charge in [-0.05, 0) is 59.2 Å². The number of carbonyl (C=O) groups is 3. The monoisotopic (exact) mass is 497 g/mol. The fourth-order valence-corrected chi connectivity index (χ4v) is 4.81. The normalized spacial score (nSPS) is 12.2. The number of rotatable bonds is 8. The Morgan fingerprint density at radius 2 is 1.61 bits per heavy atom. The first-order valence-corrected chi connectivity index (χ1v) is 12.7. The molecule has 0 saturated heterocycles. The largest absolute Gasteiger partial charge is 0.325 e. The van der Waals surface area contributed by atoms with Crippen LogP contribution in [0.4, 0.5) is 5.69 Å². The molecule has 5 rings (SSSR count). The van der Waals surface area contributed by atoms with Crippen LogP contribution in [-0.4, -0.2) is 43.4 Å². The Hall–Kier alpha value is -4.11. The van der Waals surface area contributed by atoms with Crippen molar-refractivity contribution in [1.29, 1.82) is 0 Å². The van der Waals surface area contributed by atoms with Gasteiger partial charge in [-0.25, -0.2) is 0 Å². The zero-order valence-corrected chi connectivity index (χ0v) is 20.4. The lowest BCUT2D eigenvalue weighted by molar-refractivity contribution is -0.113. The van der Waals surface area contributed by atoms with Gasteiger partial charge in [-0.15, -0.1) is 5.10 Å². The van der Waals surface area contributed by atoms with Crippen molar-refractivity contribution in [3.8, 4) is 5.69 Å². The number of aryl methyl sites for hydroxylation is 1. The number of hydrogen-bond donors (Lipinski definition) is 1. The zero-order valence-electron chi connectivity index (χ0n) is 19.6. The SMILES string of the molecule is CCCCc1ccc(-n2nnnc2SCC(=O)Nc2ccc3c(c2)C(=O)c2ccccc2C3=O)cc1. The molecule has 0 saturated carbocycles. The standard InChI is InChI=1S/C27H23N5O3S/c1-2-3-6-17-9-12-19(13-10-17)32-27(29-30-31-32)36-16-24(33)28-18-11-14-22-23(15-18)26(35)21-8-5-4-7-20(21)25(22)34/h4-5,7-15H,2-3,6,16H2,1H3,(H,28,33). The van der Waals surface area contributed by atoms with Crippen LogP contribution in [0.5, 0.6) is 0 Å². The lowest BCUT2D eigenvalue weighted by Crippen LogP contribution is -2.21. The summed E-state index contributed by atoms with van der Waals surface area (Å²) in [5.41, 5.74) is 3.93. The molecule has 0 spiro atoms. The van der Waals surface area contributed by atoms with E-state index >= 15 is 0 Å². The number of unbranched alkanes of at least 4 members (excludes halogenated alkanes) is 1. The topological polar surface area (TPSA) is 107 Å². The van der Waals surface area contributed by atoms with Crippen molar-refractivity contribution >= 4 is 34.9 Å². The molecule has 1 N–H and O–H groups in total. The maximum Gasteiger partial charge on any atom is 0.234 e. The Kier molecular flexibility index (Phi) is 6.73. The fourth-order valence-electron chi connectivity index (χ4n) is 4.12. The third-order valence-electron chi connectivity index (χ3n) is 5.98. The van der Waals surface area contributed by atoms with Gasteiger partial charge in [0.25, 0.3) is 0 Å². The van der Waals surface area contributed by atoms with E-state index in [1.165, 1.54) is 17.3 Å². The van der Waals surface area contributed by atoms with Gasteiger partial charge in [-0.1, -0.05) is 61.5 Å². The van der Waals surface area contributed by atoms with Gasteiger partial charge in [0.1, 0.15) is 0 Å². The number of tetrazole rings is 1. The summed E-state index contributed by atoms with van der Waals surface area (Å²) in [6.45, 7) is 2.17. The van der Waals surface area contributed by atoms with Crippen LogP contribution in [0.15, 0.2) is 71.9 Å². The number of fused-ring (bicyclic) bond motifs is 2. The van der Waals surface area contributed by atoms with Crippen molar-refractivity contribution in [3.63, 3.8) is 0 Å². The second kappa shape index (κ2) is 10.2. The van der Waals surface area contributed by atoms with Crippen LogP contribution in [-0.2, 0) is 11.2 Å². The molecule has 0 bridgehead atoms. The molecule has 1 heterocycles. The van der Waals surface area contributed by atoms with Gasteiger partial charge in [-0.3, -0.25) is 14.4 Å². The van der Waals surface area contributed by atoms with Gasteiger partial charge in [0, 0.05) is 27.9 Å². The van der Waals surface area contributed by atoms with Gasteiger partial charge in [0.15, 0.2) is 11.6 Å². The maximum atomic E-state index is 12.9. The molecule has 8 nitrogen and oxygen atoms in total.